The van der Waals surface area contributed by atoms with E-state index >= 15 is 0 Å². The number of hydrogen-bond donors (Lipinski definition) is 0. The molecule has 0 aliphatic heterocycles. The van der Waals surface area contributed by atoms with Gasteiger partial charge in [0.05, 0.1) is 25.7 Å². The van der Waals surface area contributed by atoms with Gasteiger partial charge in [-0.05, 0) is 25.1 Å². The fraction of sp³-hybridized carbons (Fsp3) is 0.438. The van der Waals surface area contributed by atoms with Gasteiger partial charge >= 0.3 is 5.97 Å². The quantitative estimate of drug-likeness (QED) is 0.492. The van der Waals surface area contributed by atoms with Crippen molar-refractivity contribution >= 4 is 33.5 Å². The van der Waals surface area contributed by atoms with Gasteiger partial charge in [0.1, 0.15) is 11.5 Å². The highest BCUT2D eigenvalue weighted by Gasteiger charge is 2.15. The molecule has 6 heteroatoms. The largest absolute Gasteiger partial charge is 0.496 e. The molecule has 0 aliphatic carbocycles. The topological polar surface area (TPSA) is 69.7 Å². The second kappa shape index (κ2) is 9.35. The van der Waals surface area contributed by atoms with Crippen LogP contribution in [0.1, 0.15) is 43.0 Å². The Morgan fingerprint density at radius 2 is 1.77 bits per heavy atom. The Bertz CT molecular complexity index is 553. The number of Topliss-reactive ketones (excluding diaryl/α,β-unsaturated/α-hetero) is 2. The van der Waals surface area contributed by atoms with Crippen LogP contribution in [0.15, 0.2) is 22.7 Å². The van der Waals surface area contributed by atoms with E-state index in [0.717, 1.165) is 4.47 Å². The number of carbonyl (C=O) groups excluding carboxylic acids is 3. The van der Waals surface area contributed by atoms with Crippen LogP contribution in [0.4, 0.5) is 0 Å². The molecule has 0 bridgehead atoms. The van der Waals surface area contributed by atoms with Gasteiger partial charge in [0.15, 0.2) is 5.78 Å². The molecule has 5 nitrogen and oxygen atoms in total. The second-order valence-corrected chi connectivity index (χ2v) is 5.53. The highest BCUT2D eigenvalue weighted by atomic mass is 79.9. The van der Waals surface area contributed by atoms with Gasteiger partial charge in [-0.2, -0.15) is 0 Å². The van der Waals surface area contributed by atoms with Gasteiger partial charge in [0.25, 0.3) is 0 Å². The fourth-order valence-corrected chi connectivity index (χ4v) is 2.22. The van der Waals surface area contributed by atoms with Crippen LogP contribution in [0.5, 0.6) is 5.75 Å². The molecule has 0 saturated heterocycles. The zero-order valence-electron chi connectivity index (χ0n) is 12.7. The number of benzene rings is 1. The van der Waals surface area contributed by atoms with E-state index in [0.29, 0.717) is 17.9 Å². The summed E-state index contributed by atoms with van der Waals surface area (Å²) in [5.41, 5.74) is 0.448. The third-order valence-corrected chi connectivity index (χ3v) is 3.50. The average molecular weight is 371 g/mol. The van der Waals surface area contributed by atoms with Crippen LogP contribution in [-0.2, 0) is 14.3 Å². The molecule has 120 valence electrons. The highest BCUT2D eigenvalue weighted by molar-refractivity contribution is 9.10. The van der Waals surface area contributed by atoms with Crippen LogP contribution in [0.2, 0.25) is 0 Å². The number of esters is 1. The van der Waals surface area contributed by atoms with Crippen molar-refractivity contribution in [2.75, 3.05) is 13.7 Å². The molecule has 22 heavy (non-hydrogen) atoms. The summed E-state index contributed by atoms with van der Waals surface area (Å²) in [7, 11) is 1.49. The Morgan fingerprint density at radius 3 is 2.41 bits per heavy atom. The number of methoxy groups -OCH3 is 1. The van der Waals surface area contributed by atoms with Crippen molar-refractivity contribution in [2.45, 2.75) is 32.6 Å². The third kappa shape index (κ3) is 5.97. The van der Waals surface area contributed by atoms with Crippen LogP contribution < -0.4 is 4.74 Å². The van der Waals surface area contributed by atoms with Gasteiger partial charge in [0, 0.05) is 23.7 Å². The lowest BCUT2D eigenvalue weighted by Crippen LogP contribution is -2.09. The first-order valence-corrected chi connectivity index (χ1v) is 7.81. The first-order chi connectivity index (χ1) is 10.5. The molecule has 0 radical (unpaired) electrons. The van der Waals surface area contributed by atoms with Gasteiger partial charge in [-0.25, -0.2) is 0 Å². The predicted octanol–water partition coefficient (Wildman–Crippen LogP) is 3.33. The van der Waals surface area contributed by atoms with Gasteiger partial charge in [-0.15, -0.1) is 0 Å². The fourth-order valence-electron chi connectivity index (χ4n) is 1.88. The second-order valence-electron chi connectivity index (χ2n) is 4.61. The number of ether oxygens (including phenoxy) is 2. The minimum atomic E-state index is -0.392. The van der Waals surface area contributed by atoms with Crippen LogP contribution in [0, 0.1) is 0 Å². The van der Waals surface area contributed by atoms with Crippen LogP contribution in [-0.4, -0.2) is 31.3 Å². The molecule has 0 amide bonds. The van der Waals surface area contributed by atoms with E-state index in [-0.39, 0.29) is 37.2 Å². The van der Waals surface area contributed by atoms with E-state index in [1.165, 1.54) is 7.11 Å². The van der Waals surface area contributed by atoms with Crippen molar-refractivity contribution in [3.05, 3.63) is 28.2 Å². The number of hydrogen-bond acceptors (Lipinski definition) is 5. The van der Waals surface area contributed by atoms with Crippen molar-refractivity contribution in [3.63, 3.8) is 0 Å². The van der Waals surface area contributed by atoms with E-state index < -0.39 is 5.97 Å². The van der Waals surface area contributed by atoms with E-state index in [4.69, 9.17) is 9.47 Å². The summed E-state index contributed by atoms with van der Waals surface area (Å²) in [5, 5.41) is 0. The summed E-state index contributed by atoms with van der Waals surface area (Å²) in [6.07, 6.45) is 0.364. The van der Waals surface area contributed by atoms with Gasteiger partial charge < -0.3 is 9.47 Å². The monoisotopic (exact) mass is 370 g/mol. The van der Waals surface area contributed by atoms with E-state index in [1.54, 1.807) is 25.1 Å². The molecule has 1 rings (SSSR count). The molecule has 0 spiro atoms. The molecule has 1 aromatic carbocycles. The zero-order chi connectivity index (χ0) is 16.5. The van der Waals surface area contributed by atoms with E-state index in [2.05, 4.69) is 15.9 Å². The third-order valence-electron chi connectivity index (χ3n) is 3.01. The standard InChI is InChI=1S/C16H19BrO5/c1-3-22-16(20)9-6-12(18)5-8-14(19)13-7-4-11(17)10-15(13)21-2/h4,7,10H,3,5-6,8-9H2,1-2H3. The van der Waals surface area contributed by atoms with E-state index in [1.807, 2.05) is 0 Å². The maximum absolute atomic E-state index is 12.1. The summed E-state index contributed by atoms with van der Waals surface area (Å²) >= 11 is 3.31. The first-order valence-electron chi connectivity index (χ1n) is 7.02. The Balaban J connectivity index is 2.49. The Kier molecular flexibility index (Phi) is 7.80. The van der Waals surface area contributed by atoms with Gasteiger partial charge in [0.2, 0.25) is 0 Å². The van der Waals surface area contributed by atoms with Crippen molar-refractivity contribution < 1.29 is 23.9 Å². The maximum Gasteiger partial charge on any atom is 0.306 e. The van der Waals surface area contributed by atoms with Crippen LogP contribution >= 0.6 is 15.9 Å². The van der Waals surface area contributed by atoms with Crippen LogP contribution in [0.3, 0.4) is 0 Å². The molecule has 0 saturated carbocycles. The Labute approximate surface area is 138 Å². The minimum Gasteiger partial charge on any atom is -0.496 e. The number of rotatable bonds is 9. The van der Waals surface area contributed by atoms with Gasteiger partial charge in [-0.1, -0.05) is 15.9 Å². The average Bonchev–Trinajstić information content (AvgIpc) is 2.50. The molecule has 0 fully saturated rings. The maximum atomic E-state index is 12.1. The molecule has 0 aliphatic rings. The van der Waals surface area contributed by atoms with Crippen molar-refractivity contribution in [3.8, 4) is 5.75 Å². The summed E-state index contributed by atoms with van der Waals surface area (Å²) in [6, 6.07) is 5.11. The molecule has 0 aromatic heterocycles. The zero-order valence-corrected chi connectivity index (χ0v) is 14.3. The summed E-state index contributed by atoms with van der Waals surface area (Å²) in [5.74, 6) is -0.207. The molecular formula is C16H19BrO5. The lowest BCUT2D eigenvalue weighted by molar-refractivity contribution is -0.144. The highest BCUT2D eigenvalue weighted by Crippen LogP contribution is 2.25. The lowest BCUT2D eigenvalue weighted by atomic mass is 10.0. The van der Waals surface area contributed by atoms with Crippen molar-refractivity contribution in [1.82, 2.24) is 0 Å². The molecule has 0 heterocycles. The molecule has 0 N–H and O–H groups in total. The predicted molar refractivity (Wildman–Crippen MR) is 85.1 cm³/mol. The van der Waals surface area contributed by atoms with Gasteiger partial charge in [-0.3, -0.25) is 14.4 Å². The van der Waals surface area contributed by atoms with Crippen molar-refractivity contribution in [2.24, 2.45) is 0 Å². The Morgan fingerprint density at radius 1 is 1.09 bits per heavy atom. The summed E-state index contributed by atoms with van der Waals surface area (Å²) < 4.78 is 10.7. The normalized spacial score (nSPS) is 10.1. The molecule has 0 atom stereocenters. The SMILES string of the molecule is CCOC(=O)CCC(=O)CCC(=O)c1ccc(Br)cc1OC. The van der Waals surface area contributed by atoms with E-state index in [9.17, 15) is 14.4 Å². The first kappa shape index (κ1) is 18.4. The van der Waals surface area contributed by atoms with Crippen LogP contribution in [0.25, 0.3) is 0 Å². The summed E-state index contributed by atoms with van der Waals surface area (Å²) in [4.78, 5) is 35.0. The smallest absolute Gasteiger partial charge is 0.306 e. The number of carbonyl (C=O) groups is 3. The molecule has 1 aromatic rings. The van der Waals surface area contributed by atoms with Crippen molar-refractivity contribution in [1.29, 1.82) is 0 Å². The molecule has 0 unspecified atom stereocenters. The molecular weight excluding hydrogens is 352 g/mol. The Hall–Kier alpha value is -1.69. The lowest BCUT2D eigenvalue weighted by Gasteiger charge is -2.08. The minimum absolute atomic E-state index is 0.0580. The number of halogens is 1. The number of ketones is 2. The summed E-state index contributed by atoms with van der Waals surface area (Å²) in [6.45, 7) is 2.01.